The highest BCUT2D eigenvalue weighted by Crippen LogP contribution is 2.24. The summed E-state index contributed by atoms with van der Waals surface area (Å²) < 4.78 is 5.76. The summed E-state index contributed by atoms with van der Waals surface area (Å²) in [5.41, 5.74) is 4.72. The Hall–Kier alpha value is -2.66. The molecule has 1 aromatic heterocycles. The number of aromatic amines is 1. The topological polar surface area (TPSA) is 58.2 Å². The van der Waals surface area contributed by atoms with Gasteiger partial charge in [0.05, 0.1) is 23.5 Å². The van der Waals surface area contributed by atoms with E-state index < -0.39 is 0 Å². The highest BCUT2D eigenvalue weighted by Gasteiger charge is 2.20. The molecule has 1 saturated heterocycles. The monoisotopic (exact) mass is 349 g/mol. The Bertz CT molecular complexity index is 912. The van der Waals surface area contributed by atoms with Crippen molar-refractivity contribution in [3.63, 3.8) is 0 Å². The van der Waals surface area contributed by atoms with Gasteiger partial charge in [-0.2, -0.15) is 0 Å². The molecule has 0 spiro atoms. The van der Waals surface area contributed by atoms with E-state index in [1.165, 1.54) is 6.42 Å². The van der Waals surface area contributed by atoms with Crippen LogP contribution in [0, 0.1) is 0 Å². The van der Waals surface area contributed by atoms with Crippen LogP contribution in [0.3, 0.4) is 0 Å². The summed E-state index contributed by atoms with van der Waals surface area (Å²) in [6, 6.07) is 13.9. The second-order valence-corrected chi connectivity index (χ2v) is 6.89. The molecule has 1 fully saturated rings. The number of carbonyl (C=O) groups excluding carboxylic acids is 1. The second kappa shape index (κ2) is 7.30. The molecule has 2 aromatic carbocycles. The third-order valence-electron chi connectivity index (χ3n) is 4.96. The van der Waals surface area contributed by atoms with E-state index >= 15 is 0 Å². The molecule has 2 heterocycles. The van der Waals surface area contributed by atoms with Crippen LogP contribution in [0.15, 0.2) is 48.8 Å². The molecule has 0 unspecified atom stereocenters. The molecule has 0 aliphatic carbocycles. The first-order chi connectivity index (χ1) is 12.7. The number of rotatable bonds is 4. The summed E-state index contributed by atoms with van der Waals surface area (Å²) in [4.78, 5) is 22.0. The molecule has 1 aliphatic heterocycles. The highest BCUT2D eigenvalue weighted by atomic mass is 16.5. The van der Waals surface area contributed by atoms with E-state index in [4.69, 9.17) is 4.74 Å². The van der Waals surface area contributed by atoms with Crippen molar-refractivity contribution in [2.75, 3.05) is 20.2 Å². The van der Waals surface area contributed by atoms with E-state index in [9.17, 15) is 4.79 Å². The smallest absolute Gasteiger partial charge is 0.253 e. The van der Waals surface area contributed by atoms with Gasteiger partial charge in [-0.25, -0.2) is 4.98 Å². The molecule has 5 nitrogen and oxygen atoms in total. The van der Waals surface area contributed by atoms with Crippen molar-refractivity contribution < 1.29 is 9.53 Å². The maximum Gasteiger partial charge on any atom is 0.253 e. The zero-order valence-corrected chi connectivity index (χ0v) is 14.9. The number of H-pyrrole nitrogens is 1. The maximum atomic E-state index is 12.8. The van der Waals surface area contributed by atoms with Crippen LogP contribution in [0.25, 0.3) is 22.2 Å². The number of carbonyl (C=O) groups is 1. The fourth-order valence-corrected chi connectivity index (χ4v) is 3.51. The van der Waals surface area contributed by atoms with Crippen LogP contribution in [-0.2, 0) is 4.74 Å². The molecule has 4 rings (SSSR count). The Morgan fingerprint density at radius 3 is 2.96 bits per heavy atom. The number of imidazole rings is 1. The van der Waals surface area contributed by atoms with E-state index in [2.05, 4.69) is 16.0 Å². The zero-order chi connectivity index (χ0) is 17.9. The van der Waals surface area contributed by atoms with Crippen molar-refractivity contribution in [1.29, 1.82) is 0 Å². The lowest BCUT2D eigenvalue weighted by atomic mass is 10.0. The van der Waals surface area contributed by atoms with Gasteiger partial charge in [0.1, 0.15) is 0 Å². The Morgan fingerprint density at radius 2 is 2.12 bits per heavy atom. The largest absolute Gasteiger partial charge is 0.376 e. The zero-order valence-electron chi connectivity index (χ0n) is 14.9. The second-order valence-electron chi connectivity index (χ2n) is 6.89. The van der Waals surface area contributed by atoms with Gasteiger partial charge in [0.2, 0.25) is 0 Å². The Morgan fingerprint density at radius 1 is 1.23 bits per heavy atom. The van der Waals surface area contributed by atoms with Crippen molar-refractivity contribution in [2.24, 2.45) is 0 Å². The molecule has 0 bridgehead atoms. The van der Waals surface area contributed by atoms with Crippen molar-refractivity contribution in [2.45, 2.75) is 25.4 Å². The summed E-state index contributed by atoms with van der Waals surface area (Å²) in [5.74, 6) is 0.0311. The molecule has 5 heteroatoms. The van der Waals surface area contributed by atoms with E-state index in [1.54, 1.807) is 11.2 Å². The summed E-state index contributed by atoms with van der Waals surface area (Å²) in [6.07, 6.45) is 5.18. The first-order valence-corrected chi connectivity index (χ1v) is 9.11. The number of ether oxygens (including phenoxy) is 1. The van der Waals surface area contributed by atoms with Gasteiger partial charge >= 0.3 is 0 Å². The Balaban J connectivity index is 1.53. The number of hydrogen-bond acceptors (Lipinski definition) is 3. The average molecular weight is 349 g/mol. The van der Waals surface area contributed by atoms with Gasteiger partial charge in [-0.15, -0.1) is 0 Å². The molecule has 1 amide bonds. The summed E-state index contributed by atoms with van der Waals surface area (Å²) in [6.45, 7) is 1.45. The third-order valence-corrected chi connectivity index (χ3v) is 4.96. The minimum atomic E-state index is 0.0311. The van der Waals surface area contributed by atoms with E-state index in [-0.39, 0.29) is 12.0 Å². The maximum absolute atomic E-state index is 12.8. The van der Waals surface area contributed by atoms with Gasteiger partial charge in [0.15, 0.2) is 0 Å². The van der Waals surface area contributed by atoms with E-state index in [0.29, 0.717) is 12.1 Å². The molecule has 26 heavy (non-hydrogen) atoms. The van der Waals surface area contributed by atoms with Gasteiger partial charge in [-0.1, -0.05) is 18.2 Å². The number of benzene rings is 2. The predicted octanol–water partition coefficient (Wildman–Crippen LogP) is 3.87. The first-order valence-electron chi connectivity index (χ1n) is 9.11. The molecular formula is C21H23N3O2. The number of aromatic nitrogens is 2. The van der Waals surface area contributed by atoms with Crippen molar-refractivity contribution in [3.8, 4) is 11.1 Å². The van der Waals surface area contributed by atoms with Crippen molar-refractivity contribution in [3.05, 3.63) is 54.4 Å². The Kier molecular flexibility index (Phi) is 4.71. The van der Waals surface area contributed by atoms with Crippen molar-refractivity contribution in [1.82, 2.24) is 14.9 Å². The summed E-state index contributed by atoms with van der Waals surface area (Å²) in [5, 5.41) is 0. The summed E-state index contributed by atoms with van der Waals surface area (Å²) >= 11 is 0. The van der Waals surface area contributed by atoms with Gasteiger partial charge in [0.25, 0.3) is 5.91 Å². The molecule has 134 valence electrons. The van der Waals surface area contributed by atoms with E-state index in [0.717, 1.165) is 41.6 Å². The molecule has 3 aromatic rings. The van der Waals surface area contributed by atoms with Gasteiger partial charge in [0, 0.05) is 25.8 Å². The number of likely N-dealkylation sites (N-methyl/N-ethyl adjacent to an activating group) is 1. The number of hydrogen-bond donors (Lipinski definition) is 1. The minimum Gasteiger partial charge on any atom is -0.376 e. The SMILES string of the molecule is CN(C[C@H]1CCCCO1)C(=O)c1cccc(-c2ccc3nc[nH]c3c2)c1. The van der Waals surface area contributed by atoms with Crippen LogP contribution < -0.4 is 0 Å². The number of amides is 1. The molecule has 0 saturated carbocycles. The number of nitrogens with zero attached hydrogens (tertiary/aromatic N) is 2. The third kappa shape index (κ3) is 3.48. The summed E-state index contributed by atoms with van der Waals surface area (Å²) in [7, 11) is 1.85. The lowest BCUT2D eigenvalue weighted by Crippen LogP contribution is -2.37. The number of fused-ring (bicyclic) bond motifs is 1. The van der Waals surface area contributed by atoms with Crippen LogP contribution in [0.1, 0.15) is 29.6 Å². The van der Waals surface area contributed by atoms with Gasteiger partial charge in [-0.05, 0) is 54.7 Å². The lowest BCUT2D eigenvalue weighted by molar-refractivity contribution is -0.000186. The van der Waals surface area contributed by atoms with Crippen molar-refractivity contribution >= 4 is 16.9 Å². The van der Waals surface area contributed by atoms with Crippen LogP contribution in [-0.4, -0.2) is 47.1 Å². The molecule has 1 atom stereocenters. The van der Waals surface area contributed by atoms with Crippen LogP contribution in [0.5, 0.6) is 0 Å². The van der Waals surface area contributed by atoms with E-state index in [1.807, 2.05) is 43.4 Å². The first kappa shape index (κ1) is 16.8. The highest BCUT2D eigenvalue weighted by molar-refractivity contribution is 5.95. The predicted molar refractivity (Wildman–Crippen MR) is 102 cm³/mol. The molecule has 1 N–H and O–H groups in total. The minimum absolute atomic E-state index is 0.0311. The molecule has 0 radical (unpaired) electrons. The lowest BCUT2D eigenvalue weighted by Gasteiger charge is -2.27. The standard InChI is InChI=1S/C21H23N3O2/c1-24(13-18-7-2-3-10-26-18)21(25)17-6-4-5-15(11-17)16-8-9-19-20(12-16)23-14-22-19/h4-6,8-9,11-12,14,18H,2-3,7,10,13H2,1H3,(H,22,23)/t18-/m1/s1. The van der Waals surface area contributed by atoms with Crippen LogP contribution in [0.4, 0.5) is 0 Å². The van der Waals surface area contributed by atoms with Crippen LogP contribution >= 0.6 is 0 Å². The van der Waals surface area contributed by atoms with Crippen LogP contribution in [0.2, 0.25) is 0 Å². The number of nitrogens with one attached hydrogen (secondary N) is 1. The van der Waals surface area contributed by atoms with Gasteiger partial charge < -0.3 is 14.6 Å². The average Bonchev–Trinajstić information content (AvgIpc) is 3.16. The fourth-order valence-electron chi connectivity index (χ4n) is 3.51. The van der Waals surface area contributed by atoms with Gasteiger partial charge in [-0.3, -0.25) is 4.79 Å². The fraction of sp³-hybridized carbons (Fsp3) is 0.333. The Labute approximate surface area is 153 Å². The molecule has 1 aliphatic rings. The normalized spacial score (nSPS) is 17.3. The molecular weight excluding hydrogens is 326 g/mol. The quantitative estimate of drug-likeness (QED) is 0.778.